The van der Waals surface area contributed by atoms with Gasteiger partial charge in [-0.15, -0.1) is 0 Å². The number of hydrogen-bond donors (Lipinski definition) is 3. The molecule has 3 N–H and O–H groups in total. The maximum atomic E-state index is 12.6. The Balaban J connectivity index is 3.35. The van der Waals surface area contributed by atoms with Crippen LogP contribution in [0, 0.1) is 0 Å². The van der Waals surface area contributed by atoms with E-state index in [-0.39, 0.29) is 18.5 Å². The molecule has 2 unspecified atom stereocenters. The third-order valence-corrected chi connectivity index (χ3v) is 19.2. The SMILES string of the molecule is CCCCC/C=C\C/C=C\CCCCCCCCCCCC(=O)OCCCCCCCCCCCCCC/C=C\CCCCCCCCCCCCCCCCCC(=O)NC(CO)C(O)CCCCCCCCCCCCCCCCCCCCCCCC. The van der Waals surface area contributed by atoms with Gasteiger partial charge in [0.05, 0.1) is 25.4 Å². The van der Waals surface area contributed by atoms with E-state index in [2.05, 4.69) is 55.6 Å². The van der Waals surface area contributed by atoms with Gasteiger partial charge in [0.1, 0.15) is 0 Å². The second-order valence-corrected chi connectivity index (χ2v) is 28.1. The summed E-state index contributed by atoms with van der Waals surface area (Å²) in [5.41, 5.74) is 0. The summed E-state index contributed by atoms with van der Waals surface area (Å²) in [5.74, 6) is -0.0128. The van der Waals surface area contributed by atoms with Gasteiger partial charge in [-0.1, -0.05) is 397 Å². The number of allylic oxidation sites excluding steroid dienone is 6. The molecule has 89 heavy (non-hydrogen) atoms. The minimum absolute atomic E-state index is 0.0148. The van der Waals surface area contributed by atoms with E-state index in [1.54, 1.807) is 0 Å². The molecule has 2 atom stereocenters. The zero-order chi connectivity index (χ0) is 64.2. The lowest BCUT2D eigenvalue weighted by atomic mass is 10.0. The van der Waals surface area contributed by atoms with Crippen LogP contribution in [-0.2, 0) is 14.3 Å². The lowest BCUT2D eigenvalue weighted by Crippen LogP contribution is -2.45. The van der Waals surface area contributed by atoms with Gasteiger partial charge in [0, 0.05) is 12.8 Å². The molecule has 0 aliphatic carbocycles. The van der Waals surface area contributed by atoms with Crippen molar-refractivity contribution in [3.8, 4) is 0 Å². The monoisotopic (exact) mass is 1250 g/mol. The Morgan fingerprint density at radius 3 is 0.888 bits per heavy atom. The highest BCUT2D eigenvalue weighted by atomic mass is 16.5. The molecule has 0 saturated carbocycles. The quantitative estimate of drug-likeness (QED) is 0.0320. The number of esters is 1. The van der Waals surface area contributed by atoms with Gasteiger partial charge < -0.3 is 20.3 Å². The molecule has 0 heterocycles. The first-order valence-corrected chi connectivity index (χ1v) is 40.7. The number of carbonyl (C=O) groups excluding carboxylic acids is 2. The Hall–Kier alpha value is -1.92. The summed E-state index contributed by atoms with van der Waals surface area (Å²) in [7, 11) is 0. The molecule has 1 amide bonds. The van der Waals surface area contributed by atoms with Crippen molar-refractivity contribution in [3.63, 3.8) is 0 Å². The number of unbranched alkanes of at least 4 members (excludes halogenated alkanes) is 60. The van der Waals surface area contributed by atoms with Crippen LogP contribution < -0.4 is 5.32 Å². The van der Waals surface area contributed by atoms with E-state index in [1.165, 1.54) is 372 Å². The highest BCUT2D eigenvalue weighted by Crippen LogP contribution is 2.20. The fourth-order valence-corrected chi connectivity index (χ4v) is 13.0. The van der Waals surface area contributed by atoms with Crippen LogP contribution in [0.2, 0.25) is 0 Å². The predicted molar refractivity (Wildman–Crippen MR) is 393 cm³/mol. The van der Waals surface area contributed by atoms with E-state index in [0.717, 1.165) is 51.4 Å². The molecule has 0 aromatic carbocycles. The largest absolute Gasteiger partial charge is 0.466 e. The first-order valence-electron chi connectivity index (χ1n) is 40.7. The van der Waals surface area contributed by atoms with Crippen LogP contribution in [0.25, 0.3) is 0 Å². The van der Waals surface area contributed by atoms with Gasteiger partial charge in [0.2, 0.25) is 5.91 Å². The number of aliphatic hydroxyl groups excluding tert-OH is 2. The second kappa shape index (κ2) is 78.5. The number of aliphatic hydroxyl groups is 2. The molecule has 0 aliphatic heterocycles. The van der Waals surface area contributed by atoms with Crippen molar-refractivity contribution in [2.45, 2.75) is 469 Å². The predicted octanol–water partition coefficient (Wildman–Crippen LogP) is 27.0. The van der Waals surface area contributed by atoms with Crippen LogP contribution in [0.4, 0.5) is 0 Å². The molecule has 0 aliphatic rings. The average Bonchev–Trinajstić information content (AvgIpc) is 3.68. The van der Waals surface area contributed by atoms with Gasteiger partial charge in [0.25, 0.3) is 0 Å². The summed E-state index contributed by atoms with van der Waals surface area (Å²) >= 11 is 0. The standard InChI is InChI=1S/C83H159NO5/c1-3-5-7-9-11-13-15-17-19-21-23-24-36-40-43-47-51-55-59-63-67-71-75-81(86)80(79-85)84-82(87)76-72-68-64-60-56-52-48-44-41-37-34-32-30-28-26-25-27-29-31-33-35-38-42-46-50-54-58-62-66-70-74-78-89-83(88)77-73-69-65-61-57-53-49-45-39-22-20-18-16-14-12-10-8-6-4-2/h12,14,18,20,27,29,80-81,85-86H,3-11,13,15-17,19,21-26,28,30-79H2,1-2H3,(H,84,87)/b14-12-,20-18-,29-27-. The summed E-state index contributed by atoms with van der Waals surface area (Å²) in [6.07, 6.45) is 102. The van der Waals surface area contributed by atoms with Crippen molar-refractivity contribution in [1.82, 2.24) is 5.32 Å². The number of nitrogens with one attached hydrogen (secondary N) is 1. The molecule has 0 saturated heterocycles. The van der Waals surface area contributed by atoms with E-state index < -0.39 is 12.1 Å². The fraction of sp³-hybridized carbons (Fsp3) is 0.904. The van der Waals surface area contributed by atoms with Crippen LogP contribution in [0.1, 0.15) is 457 Å². The van der Waals surface area contributed by atoms with Crippen LogP contribution in [-0.4, -0.2) is 47.4 Å². The molecule has 0 spiro atoms. The van der Waals surface area contributed by atoms with Gasteiger partial charge in [-0.2, -0.15) is 0 Å². The smallest absolute Gasteiger partial charge is 0.305 e. The van der Waals surface area contributed by atoms with Crippen molar-refractivity contribution < 1.29 is 24.5 Å². The molecule has 0 bridgehead atoms. The Morgan fingerprint density at radius 2 is 0.562 bits per heavy atom. The Labute approximate surface area is 557 Å². The minimum Gasteiger partial charge on any atom is -0.466 e. The zero-order valence-corrected chi connectivity index (χ0v) is 60.4. The molecular formula is C83H159NO5. The second-order valence-electron chi connectivity index (χ2n) is 28.1. The molecule has 0 radical (unpaired) electrons. The molecule has 0 rings (SSSR count). The molecule has 6 nitrogen and oxygen atoms in total. The van der Waals surface area contributed by atoms with Gasteiger partial charge in [-0.25, -0.2) is 0 Å². The van der Waals surface area contributed by atoms with Gasteiger partial charge in [-0.05, 0) is 83.5 Å². The van der Waals surface area contributed by atoms with Crippen LogP contribution in [0.15, 0.2) is 36.5 Å². The zero-order valence-electron chi connectivity index (χ0n) is 60.4. The molecule has 0 fully saturated rings. The van der Waals surface area contributed by atoms with Crippen molar-refractivity contribution in [2.24, 2.45) is 0 Å². The van der Waals surface area contributed by atoms with Crippen LogP contribution in [0.3, 0.4) is 0 Å². The molecular weight excluding hydrogens is 1090 g/mol. The first kappa shape index (κ1) is 87.1. The third-order valence-electron chi connectivity index (χ3n) is 19.2. The number of amides is 1. The lowest BCUT2D eigenvalue weighted by Gasteiger charge is -2.22. The lowest BCUT2D eigenvalue weighted by molar-refractivity contribution is -0.143. The normalized spacial score (nSPS) is 12.6. The van der Waals surface area contributed by atoms with Crippen LogP contribution >= 0.6 is 0 Å². The van der Waals surface area contributed by atoms with E-state index >= 15 is 0 Å². The Morgan fingerprint density at radius 1 is 0.315 bits per heavy atom. The van der Waals surface area contributed by atoms with Crippen molar-refractivity contribution >= 4 is 11.9 Å². The molecule has 6 heteroatoms. The number of carbonyl (C=O) groups is 2. The highest BCUT2D eigenvalue weighted by molar-refractivity contribution is 5.76. The van der Waals surface area contributed by atoms with E-state index in [0.29, 0.717) is 25.9 Å². The van der Waals surface area contributed by atoms with Crippen LogP contribution in [0.5, 0.6) is 0 Å². The van der Waals surface area contributed by atoms with Crippen molar-refractivity contribution in [2.75, 3.05) is 13.2 Å². The summed E-state index contributed by atoms with van der Waals surface area (Å²) in [6, 6.07) is -0.541. The fourth-order valence-electron chi connectivity index (χ4n) is 13.0. The molecule has 0 aromatic rings. The van der Waals surface area contributed by atoms with Gasteiger partial charge in [-0.3, -0.25) is 9.59 Å². The molecule has 0 aromatic heterocycles. The number of ether oxygens (including phenoxy) is 1. The maximum Gasteiger partial charge on any atom is 0.305 e. The average molecular weight is 1250 g/mol. The Bertz CT molecular complexity index is 1440. The van der Waals surface area contributed by atoms with Gasteiger partial charge >= 0.3 is 5.97 Å². The first-order chi connectivity index (χ1) is 44.0. The topological polar surface area (TPSA) is 95.9 Å². The Kier molecular flexibility index (Phi) is 76.8. The summed E-state index contributed by atoms with van der Waals surface area (Å²) in [6.45, 7) is 4.98. The minimum atomic E-state index is -0.664. The summed E-state index contributed by atoms with van der Waals surface area (Å²) < 4.78 is 5.51. The molecule has 526 valence electrons. The summed E-state index contributed by atoms with van der Waals surface area (Å²) in [4.78, 5) is 24.7. The van der Waals surface area contributed by atoms with Crippen molar-refractivity contribution in [1.29, 1.82) is 0 Å². The van der Waals surface area contributed by atoms with E-state index in [9.17, 15) is 19.8 Å². The van der Waals surface area contributed by atoms with Crippen molar-refractivity contribution in [3.05, 3.63) is 36.5 Å². The van der Waals surface area contributed by atoms with E-state index in [1.807, 2.05) is 0 Å². The third kappa shape index (κ3) is 75.0. The number of rotatable bonds is 77. The maximum absolute atomic E-state index is 12.6. The highest BCUT2D eigenvalue weighted by Gasteiger charge is 2.20. The number of hydrogen-bond acceptors (Lipinski definition) is 5. The van der Waals surface area contributed by atoms with Gasteiger partial charge in [0.15, 0.2) is 0 Å². The van der Waals surface area contributed by atoms with E-state index in [4.69, 9.17) is 4.74 Å². The summed E-state index contributed by atoms with van der Waals surface area (Å²) in [5, 5.41) is 23.5.